The van der Waals surface area contributed by atoms with Crippen LogP contribution in [-0.2, 0) is 4.79 Å². The molecule has 8 nitrogen and oxygen atoms in total. The van der Waals surface area contributed by atoms with E-state index in [-0.39, 0.29) is 0 Å². The van der Waals surface area contributed by atoms with Gasteiger partial charge in [-0.15, -0.1) is 0 Å². The Morgan fingerprint density at radius 1 is 1.29 bits per heavy atom. The molecule has 9 heteroatoms. The van der Waals surface area contributed by atoms with E-state index in [1.807, 2.05) is 18.2 Å². The van der Waals surface area contributed by atoms with Gasteiger partial charge in [0.1, 0.15) is 11.3 Å². The average molecular weight is 402 g/mol. The van der Waals surface area contributed by atoms with Crippen LogP contribution in [0, 0.1) is 5.21 Å². The van der Waals surface area contributed by atoms with Crippen LogP contribution in [0.1, 0.15) is 6.17 Å². The molecule has 0 saturated carbocycles. The number of methoxy groups -OCH3 is 1. The maximum absolute atomic E-state index is 11.9. The lowest BCUT2D eigenvalue weighted by atomic mass is 10.2. The van der Waals surface area contributed by atoms with Crippen LogP contribution in [0.5, 0.6) is 5.75 Å². The summed E-state index contributed by atoms with van der Waals surface area (Å²) in [7, 11) is 1.59. The first-order valence-corrected chi connectivity index (χ1v) is 9.32. The molecule has 1 saturated heterocycles. The van der Waals surface area contributed by atoms with E-state index < -0.39 is 6.17 Å². The first-order chi connectivity index (χ1) is 13.6. The zero-order valence-electron chi connectivity index (χ0n) is 15.4. The summed E-state index contributed by atoms with van der Waals surface area (Å²) >= 11 is 6.11. The lowest BCUT2D eigenvalue weighted by Crippen LogP contribution is -2.49. The second kappa shape index (κ2) is 7.65. The zero-order valence-corrected chi connectivity index (χ0v) is 16.1. The van der Waals surface area contributed by atoms with Crippen LogP contribution in [0.3, 0.4) is 0 Å². The van der Waals surface area contributed by atoms with Crippen molar-refractivity contribution in [3.8, 4) is 5.75 Å². The van der Waals surface area contributed by atoms with Crippen LogP contribution < -0.4 is 14.4 Å². The number of piperazine rings is 1. The maximum atomic E-state index is 11.9. The Labute approximate surface area is 167 Å². The fourth-order valence-corrected chi connectivity index (χ4v) is 3.76. The number of aldehydes is 1. The number of nitrogens with zero attached hydrogens (tertiary/aromatic N) is 5. The minimum absolute atomic E-state index is 0.554. The summed E-state index contributed by atoms with van der Waals surface area (Å²) < 4.78 is 7.62. The highest BCUT2D eigenvalue weighted by atomic mass is 35.5. The molecule has 1 unspecified atom stereocenters. The van der Waals surface area contributed by atoms with E-state index in [4.69, 9.17) is 16.3 Å². The third-order valence-corrected chi connectivity index (χ3v) is 5.39. The summed E-state index contributed by atoms with van der Waals surface area (Å²) in [6.07, 6.45) is 4.85. The zero-order chi connectivity index (χ0) is 19.7. The van der Waals surface area contributed by atoms with E-state index in [1.54, 1.807) is 24.1 Å². The third-order valence-electron chi connectivity index (χ3n) is 5.07. The molecule has 0 amide bonds. The van der Waals surface area contributed by atoms with Crippen molar-refractivity contribution in [1.82, 2.24) is 14.7 Å². The number of carbonyl (C=O) groups is 1. The summed E-state index contributed by atoms with van der Waals surface area (Å²) in [4.78, 5) is 16.2. The number of pyridine rings is 1. The van der Waals surface area contributed by atoms with Crippen molar-refractivity contribution in [3.63, 3.8) is 0 Å². The number of fused-ring (bicyclic) bond motifs is 1. The highest BCUT2D eigenvalue weighted by molar-refractivity contribution is 6.32. The second-order valence-corrected chi connectivity index (χ2v) is 7.03. The molecule has 0 bridgehead atoms. The van der Waals surface area contributed by atoms with Crippen molar-refractivity contribution in [3.05, 3.63) is 53.1 Å². The molecule has 0 radical (unpaired) electrons. The van der Waals surface area contributed by atoms with Gasteiger partial charge in [0, 0.05) is 49.4 Å². The number of aromatic nitrogens is 3. The first kappa shape index (κ1) is 18.5. The summed E-state index contributed by atoms with van der Waals surface area (Å²) in [5.41, 5.74) is 1.67. The quantitative estimate of drug-likeness (QED) is 0.369. The van der Waals surface area contributed by atoms with Gasteiger partial charge in [0.2, 0.25) is 6.20 Å². The van der Waals surface area contributed by atoms with Crippen LogP contribution in [-0.4, -0.2) is 54.3 Å². The van der Waals surface area contributed by atoms with E-state index in [1.165, 1.54) is 12.4 Å². The number of ether oxygens (including phenoxy) is 1. The minimum atomic E-state index is -0.554. The van der Waals surface area contributed by atoms with E-state index in [9.17, 15) is 10.0 Å². The largest absolute Gasteiger partial charge is 0.619 e. The molecule has 3 aromatic rings. The molecule has 4 rings (SSSR count). The number of anilines is 1. The van der Waals surface area contributed by atoms with E-state index in [0.29, 0.717) is 34.1 Å². The Bertz CT molecular complexity index is 1000. The SMILES string of the molecule is COc1cc(N2CCN(C(C=O)n3ncc4cc[n+]([O-])cc43)CC2)ccc1Cl. The van der Waals surface area contributed by atoms with E-state index in [2.05, 4.69) is 14.9 Å². The van der Waals surface area contributed by atoms with Gasteiger partial charge in [-0.05, 0) is 12.1 Å². The Morgan fingerprint density at radius 3 is 2.79 bits per heavy atom. The predicted octanol–water partition coefficient (Wildman–Crippen LogP) is 1.85. The molecule has 1 fully saturated rings. The van der Waals surface area contributed by atoms with Crippen LogP contribution >= 0.6 is 11.6 Å². The van der Waals surface area contributed by atoms with Crippen LogP contribution in [0.25, 0.3) is 10.9 Å². The monoisotopic (exact) mass is 401 g/mol. The second-order valence-electron chi connectivity index (χ2n) is 6.63. The fourth-order valence-electron chi connectivity index (χ4n) is 3.56. The molecule has 3 heterocycles. The Hall–Kier alpha value is -2.84. The van der Waals surface area contributed by atoms with Gasteiger partial charge in [0.15, 0.2) is 18.6 Å². The number of halogens is 1. The van der Waals surface area contributed by atoms with E-state index >= 15 is 0 Å². The molecule has 0 aliphatic carbocycles. The number of hydrogen-bond donors (Lipinski definition) is 0. The van der Waals surface area contributed by atoms with E-state index in [0.717, 1.165) is 30.4 Å². The Balaban J connectivity index is 1.52. The smallest absolute Gasteiger partial charge is 0.206 e. The molecular formula is C19H20ClN5O3. The van der Waals surface area contributed by atoms with Gasteiger partial charge in [-0.3, -0.25) is 9.69 Å². The molecular weight excluding hydrogens is 382 g/mol. The maximum Gasteiger partial charge on any atom is 0.206 e. The van der Waals surface area contributed by atoms with Gasteiger partial charge < -0.3 is 14.8 Å². The van der Waals surface area contributed by atoms with Crippen molar-refractivity contribution in [2.75, 3.05) is 38.2 Å². The topological polar surface area (TPSA) is 77.5 Å². The highest BCUT2D eigenvalue weighted by Gasteiger charge is 2.27. The molecule has 1 aromatic carbocycles. The summed E-state index contributed by atoms with van der Waals surface area (Å²) in [5.74, 6) is 0.640. The first-order valence-electron chi connectivity index (χ1n) is 8.94. The number of hydrogen-bond acceptors (Lipinski definition) is 6. The molecule has 0 N–H and O–H groups in total. The lowest BCUT2D eigenvalue weighted by Gasteiger charge is -2.38. The normalized spacial score (nSPS) is 16.3. The molecule has 0 spiro atoms. The van der Waals surface area contributed by atoms with Crippen molar-refractivity contribution in [2.45, 2.75) is 6.17 Å². The Morgan fingerprint density at radius 2 is 2.07 bits per heavy atom. The fraction of sp³-hybridized carbons (Fsp3) is 0.316. The highest BCUT2D eigenvalue weighted by Crippen LogP contribution is 2.30. The van der Waals surface area contributed by atoms with Crippen molar-refractivity contribution in [2.24, 2.45) is 0 Å². The molecule has 28 heavy (non-hydrogen) atoms. The van der Waals surface area contributed by atoms with Crippen LogP contribution in [0.15, 0.2) is 42.9 Å². The number of benzene rings is 1. The summed E-state index contributed by atoms with van der Waals surface area (Å²) in [6, 6.07) is 7.40. The van der Waals surface area contributed by atoms with Gasteiger partial charge in [-0.1, -0.05) is 11.6 Å². The molecule has 1 atom stereocenters. The lowest BCUT2D eigenvalue weighted by molar-refractivity contribution is -0.604. The predicted molar refractivity (Wildman–Crippen MR) is 106 cm³/mol. The third kappa shape index (κ3) is 3.36. The Kier molecular flexibility index (Phi) is 5.06. The summed E-state index contributed by atoms with van der Waals surface area (Å²) in [5, 5.41) is 17.4. The minimum Gasteiger partial charge on any atom is -0.619 e. The number of carbonyl (C=O) groups excluding carboxylic acids is 1. The molecule has 2 aromatic heterocycles. The van der Waals surface area contributed by atoms with Crippen molar-refractivity contribution in [1.29, 1.82) is 0 Å². The van der Waals surface area contributed by atoms with Crippen molar-refractivity contribution >= 4 is 34.5 Å². The number of rotatable bonds is 5. The van der Waals surface area contributed by atoms with Gasteiger partial charge in [-0.2, -0.15) is 9.83 Å². The van der Waals surface area contributed by atoms with Crippen LogP contribution in [0.2, 0.25) is 5.02 Å². The van der Waals surface area contributed by atoms with Gasteiger partial charge in [0.05, 0.1) is 18.3 Å². The van der Waals surface area contributed by atoms with Gasteiger partial charge in [0.25, 0.3) is 0 Å². The van der Waals surface area contributed by atoms with Gasteiger partial charge >= 0.3 is 0 Å². The molecule has 1 aliphatic heterocycles. The van der Waals surface area contributed by atoms with Gasteiger partial charge in [-0.25, -0.2) is 4.68 Å². The molecule has 1 aliphatic rings. The summed E-state index contributed by atoms with van der Waals surface area (Å²) in [6.45, 7) is 2.85. The molecule has 146 valence electrons. The standard InChI is InChI=1S/C19H20ClN5O3/c1-28-18-10-15(2-3-16(18)20)22-6-8-23(9-7-22)19(13-26)25-17-12-24(27)5-4-14(17)11-21-25/h2-5,10-13,19H,6-9H2,1H3. The van der Waals surface area contributed by atoms with Crippen LogP contribution in [0.4, 0.5) is 5.69 Å². The average Bonchev–Trinajstić information content (AvgIpc) is 3.12. The van der Waals surface area contributed by atoms with Crippen molar-refractivity contribution < 1.29 is 14.3 Å².